The lowest BCUT2D eigenvalue weighted by molar-refractivity contribution is -0.138. The summed E-state index contributed by atoms with van der Waals surface area (Å²) in [7, 11) is 4.02. The van der Waals surface area contributed by atoms with Gasteiger partial charge in [-0.2, -0.15) is 13.2 Å². The number of ether oxygens (including phenoxy) is 2. The van der Waals surface area contributed by atoms with Crippen LogP contribution in [0.15, 0.2) is 29.3 Å². The Bertz CT molecular complexity index is 1170. The molecule has 1 unspecified atom stereocenters. The molecule has 2 amide bonds. The van der Waals surface area contributed by atoms with Crippen LogP contribution >= 0.6 is 0 Å². The first-order chi connectivity index (χ1) is 17.9. The summed E-state index contributed by atoms with van der Waals surface area (Å²) < 4.78 is 61.7. The van der Waals surface area contributed by atoms with Gasteiger partial charge in [-0.1, -0.05) is 0 Å². The fourth-order valence-electron chi connectivity index (χ4n) is 3.42. The Hall–Kier alpha value is -3.88. The van der Waals surface area contributed by atoms with E-state index >= 15 is 0 Å². The molecule has 15 heteroatoms. The first-order valence-corrected chi connectivity index (χ1v) is 11.5. The molecule has 1 atom stereocenters. The molecule has 1 saturated heterocycles. The van der Waals surface area contributed by atoms with Crippen molar-refractivity contribution in [3.05, 3.63) is 46.0 Å². The molecular formula is C23H31F4N7O4. The number of nitrogen functional groups attached to an aromatic ring is 1. The van der Waals surface area contributed by atoms with Crippen LogP contribution in [0.2, 0.25) is 0 Å². The molecule has 3 heterocycles. The number of methoxy groups -OCH3 is 1. The van der Waals surface area contributed by atoms with E-state index in [1.807, 2.05) is 10.2 Å². The lowest BCUT2D eigenvalue weighted by Crippen LogP contribution is -2.36. The van der Waals surface area contributed by atoms with Crippen LogP contribution in [0, 0.1) is 5.41 Å². The SMILES string of the molecule is CNC(=O)Nc1cc(C(F)(F)F)cn(C)c1=O.COCCOC(=N)c1cc(N2CCCC(F)C2)cnc1N. The zero-order valence-electron chi connectivity index (χ0n) is 21.2. The van der Waals surface area contributed by atoms with Gasteiger partial charge in [0.1, 0.15) is 24.3 Å². The number of halogens is 4. The summed E-state index contributed by atoms with van der Waals surface area (Å²) in [5.74, 6) is 0.183. The summed E-state index contributed by atoms with van der Waals surface area (Å²) in [6, 6.07) is 1.56. The Morgan fingerprint density at radius 1 is 1.32 bits per heavy atom. The number of anilines is 3. The number of carbonyl (C=O) groups is 1. The molecule has 2 aromatic heterocycles. The first kappa shape index (κ1) is 30.3. The van der Waals surface area contributed by atoms with Gasteiger partial charge in [0.05, 0.1) is 29.6 Å². The molecule has 0 saturated carbocycles. The van der Waals surface area contributed by atoms with Gasteiger partial charge in [-0.05, 0) is 25.0 Å². The minimum Gasteiger partial charge on any atom is -0.475 e. The van der Waals surface area contributed by atoms with Crippen molar-refractivity contribution >= 4 is 29.1 Å². The standard InChI is InChI=1S/C14H21FN4O2.C9H10F3N3O2/c1-20-5-6-21-14(17)12-7-11(8-18-13(12)16)19-4-2-3-10(15)9-19;1-13-8(17)14-6-3-5(9(10,11)12)4-15(2)7(6)16/h7-8,10,17H,2-6,9H2,1H3,(H2,16,18);3-4H,1-2H3,(H2,13,14,17). The van der Waals surface area contributed by atoms with Crippen molar-refractivity contribution in [3.8, 4) is 0 Å². The molecule has 2 aromatic rings. The van der Waals surface area contributed by atoms with Crippen LogP contribution < -0.4 is 26.8 Å². The van der Waals surface area contributed by atoms with E-state index in [2.05, 4.69) is 10.3 Å². The molecule has 0 aromatic carbocycles. The summed E-state index contributed by atoms with van der Waals surface area (Å²) in [6.07, 6.45) is -1.72. The fraction of sp³-hybridized carbons (Fsp3) is 0.478. The number of amides is 2. The summed E-state index contributed by atoms with van der Waals surface area (Å²) in [6.45, 7) is 1.80. The number of aryl methyl sites for hydroxylation is 1. The number of nitrogens with zero attached hydrogens (tertiary/aromatic N) is 3. The van der Waals surface area contributed by atoms with E-state index in [0.29, 0.717) is 37.4 Å². The molecule has 0 bridgehead atoms. The number of rotatable bonds is 6. The largest absolute Gasteiger partial charge is 0.475 e. The second kappa shape index (κ2) is 13.6. The number of hydrogen-bond acceptors (Lipinski definition) is 8. The molecule has 0 radical (unpaired) electrons. The molecule has 3 rings (SSSR count). The lowest BCUT2D eigenvalue weighted by Gasteiger charge is -2.31. The maximum absolute atomic E-state index is 13.5. The van der Waals surface area contributed by atoms with Gasteiger partial charge >= 0.3 is 12.2 Å². The first-order valence-electron chi connectivity index (χ1n) is 11.5. The number of aromatic nitrogens is 2. The molecule has 1 fully saturated rings. The Morgan fingerprint density at radius 2 is 2.03 bits per heavy atom. The second-order valence-corrected chi connectivity index (χ2v) is 8.24. The van der Waals surface area contributed by atoms with E-state index in [4.69, 9.17) is 20.6 Å². The average molecular weight is 546 g/mol. The van der Waals surface area contributed by atoms with Crippen LogP contribution in [0.1, 0.15) is 24.0 Å². The number of urea groups is 1. The van der Waals surface area contributed by atoms with Crippen LogP contribution in [-0.4, -0.2) is 68.1 Å². The van der Waals surface area contributed by atoms with Gasteiger partial charge in [-0.25, -0.2) is 14.2 Å². The number of piperidine rings is 1. The van der Waals surface area contributed by atoms with E-state index in [0.717, 1.165) is 23.2 Å². The van der Waals surface area contributed by atoms with Crippen molar-refractivity contribution in [1.29, 1.82) is 5.41 Å². The summed E-state index contributed by atoms with van der Waals surface area (Å²) in [5, 5.41) is 12.1. The summed E-state index contributed by atoms with van der Waals surface area (Å²) in [4.78, 5) is 28.4. The number of carbonyl (C=O) groups excluding carboxylic acids is 1. The van der Waals surface area contributed by atoms with Gasteiger partial charge in [-0.15, -0.1) is 0 Å². The monoisotopic (exact) mass is 545 g/mol. The Labute approximate surface area is 216 Å². The number of pyridine rings is 2. The normalized spacial score (nSPS) is 15.2. The van der Waals surface area contributed by atoms with Crippen molar-refractivity contribution in [2.24, 2.45) is 7.05 Å². The zero-order chi connectivity index (χ0) is 28.5. The molecule has 1 aliphatic heterocycles. The number of nitrogens with two attached hydrogens (primary N) is 1. The van der Waals surface area contributed by atoms with Crippen molar-refractivity contribution in [2.45, 2.75) is 25.2 Å². The van der Waals surface area contributed by atoms with Crippen LogP contribution in [0.3, 0.4) is 0 Å². The minimum atomic E-state index is -4.58. The predicted molar refractivity (Wildman–Crippen MR) is 134 cm³/mol. The highest BCUT2D eigenvalue weighted by molar-refractivity contribution is 5.97. The highest BCUT2D eigenvalue weighted by atomic mass is 19.4. The Balaban J connectivity index is 0.000000273. The van der Waals surface area contributed by atoms with E-state index in [1.165, 1.54) is 14.1 Å². The van der Waals surface area contributed by atoms with Gasteiger partial charge < -0.3 is 35.3 Å². The Kier molecular flexibility index (Phi) is 10.9. The minimum absolute atomic E-state index is 0.0484. The second-order valence-electron chi connectivity index (χ2n) is 8.24. The highest BCUT2D eigenvalue weighted by Gasteiger charge is 2.32. The average Bonchev–Trinajstić information content (AvgIpc) is 2.86. The van der Waals surface area contributed by atoms with E-state index < -0.39 is 35.2 Å². The molecule has 0 aliphatic carbocycles. The van der Waals surface area contributed by atoms with Crippen molar-refractivity contribution < 1.29 is 31.8 Å². The quantitative estimate of drug-likeness (QED) is 0.189. The van der Waals surface area contributed by atoms with E-state index in [9.17, 15) is 27.2 Å². The van der Waals surface area contributed by atoms with Gasteiger partial charge in [-0.3, -0.25) is 10.2 Å². The lowest BCUT2D eigenvalue weighted by atomic mass is 10.1. The van der Waals surface area contributed by atoms with E-state index in [-0.39, 0.29) is 18.3 Å². The van der Waals surface area contributed by atoms with Gasteiger partial charge in [0, 0.05) is 40.5 Å². The van der Waals surface area contributed by atoms with Gasteiger partial charge in [0.25, 0.3) is 5.56 Å². The highest BCUT2D eigenvalue weighted by Crippen LogP contribution is 2.29. The molecular weight excluding hydrogens is 514 g/mol. The van der Waals surface area contributed by atoms with Gasteiger partial charge in [0.2, 0.25) is 5.90 Å². The third kappa shape index (κ3) is 8.61. The van der Waals surface area contributed by atoms with E-state index in [1.54, 1.807) is 19.4 Å². The maximum atomic E-state index is 13.5. The number of alkyl halides is 4. The smallest absolute Gasteiger partial charge is 0.417 e. The number of nitrogens with one attached hydrogen (secondary N) is 3. The van der Waals surface area contributed by atoms with Crippen molar-refractivity contribution in [2.75, 3.05) is 56.4 Å². The summed E-state index contributed by atoms with van der Waals surface area (Å²) >= 11 is 0. The maximum Gasteiger partial charge on any atom is 0.417 e. The Morgan fingerprint density at radius 3 is 2.63 bits per heavy atom. The zero-order valence-corrected chi connectivity index (χ0v) is 21.2. The van der Waals surface area contributed by atoms with Crippen LogP contribution in [0.25, 0.3) is 0 Å². The third-order valence-corrected chi connectivity index (χ3v) is 5.40. The third-order valence-electron chi connectivity index (χ3n) is 5.40. The molecule has 1 aliphatic rings. The molecule has 210 valence electrons. The fourth-order valence-corrected chi connectivity index (χ4v) is 3.42. The van der Waals surface area contributed by atoms with Crippen molar-refractivity contribution in [1.82, 2.24) is 14.9 Å². The molecule has 38 heavy (non-hydrogen) atoms. The topological polar surface area (TPSA) is 148 Å². The van der Waals surface area contributed by atoms with Crippen molar-refractivity contribution in [3.63, 3.8) is 0 Å². The van der Waals surface area contributed by atoms with Crippen LogP contribution in [-0.2, 0) is 22.7 Å². The summed E-state index contributed by atoms with van der Waals surface area (Å²) in [5.41, 5.74) is 4.82. The van der Waals surface area contributed by atoms with Crippen LogP contribution in [0.4, 0.5) is 39.5 Å². The van der Waals surface area contributed by atoms with Crippen LogP contribution in [0.5, 0.6) is 0 Å². The molecule has 0 spiro atoms. The van der Waals surface area contributed by atoms with Gasteiger partial charge in [0.15, 0.2) is 0 Å². The number of hydrogen-bond donors (Lipinski definition) is 4. The molecule has 5 N–H and O–H groups in total. The predicted octanol–water partition coefficient (Wildman–Crippen LogP) is 2.75. The molecule has 11 nitrogen and oxygen atoms in total.